The lowest BCUT2D eigenvalue weighted by molar-refractivity contribution is 0.0697. The molecule has 0 fully saturated rings. The summed E-state index contributed by atoms with van der Waals surface area (Å²) in [5, 5.41) is 9.00. The summed E-state index contributed by atoms with van der Waals surface area (Å²) >= 11 is 0. The second-order valence-electron chi connectivity index (χ2n) is 4.62. The lowest BCUT2D eigenvalue weighted by Gasteiger charge is -2.03. The summed E-state index contributed by atoms with van der Waals surface area (Å²) in [6.07, 6.45) is 1.67. The zero-order valence-electron chi connectivity index (χ0n) is 11.1. The molecule has 102 valence electrons. The number of carboxylic acids is 1. The number of aromatic carboxylic acids is 1. The summed E-state index contributed by atoms with van der Waals surface area (Å²) in [6.45, 7) is 4.19. The molecular formula is C14H13N3O3. The number of hydrogen-bond acceptors (Lipinski definition) is 4. The highest BCUT2D eigenvalue weighted by atomic mass is 16.4. The Labute approximate surface area is 114 Å². The molecule has 0 aliphatic rings. The van der Waals surface area contributed by atoms with Crippen LogP contribution in [-0.4, -0.2) is 25.6 Å². The molecule has 0 saturated heterocycles. The van der Waals surface area contributed by atoms with Gasteiger partial charge in [0.2, 0.25) is 5.89 Å². The van der Waals surface area contributed by atoms with Gasteiger partial charge < -0.3 is 14.1 Å². The second kappa shape index (κ2) is 4.48. The maximum absolute atomic E-state index is 11.0. The van der Waals surface area contributed by atoms with Crippen LogP contribution in [0.2, 0.25) is 0 Å². The lowest BCUT2D eigenvalue weighted by atomic mass is 10.2. The van der Waals surface area contributed by atoms with E-state index in [-0.39, 0.29) is 5.56 Å². The number of hydrogen-bond donors (Lipinski definition) is 1. The smallest absolute Gasteiger partial charge is 0.335 e. The third kappa shape index (κ3) is 2.05. The van der Waals surface area contributed by atoms with Gasteiger partial charge in [0, 0.05) is 0 Å². The molecule has 0 amide bonds. The average molecular weight is 271 g/mol. The van der Waals surface area contributed by atoms with Crippen molar-refractivity contribution in [3.05, 3.63) is 47.4 Å². The SMILES string of the molecule is Cc1cnc(Cn2c(C)nc3cc(C(=O)O)ccc32)o1. The minimum atomic E-state index is -0.956. The summed E-state index contributed by atoms with van der Waals surface area (Å²) < 4.78 is 7.42. The van der Waals surface area contributed by atoms with Crippen molar-refractivity contribution in [1.82, 2.24) is 14.5 Å². The standard InChI is InChI=1S/C14H13N3O3/c1-8-6-15-13(20-8)7-17-9(2)16-11-5-10(14(18)19)3-4-12(11)17/h3-6H,7H2,1-2H3,(H,18,19). The van der Waals surface area contributed by atoms with E-state index < -0.39 is 5.97 Å². The molecule has 0 spiro atoms. The van der Waals surface area contributed by atoms with E-state index in [9.17, 15) is 4.79 Å². The van der Waals surface area contributed by atoms with Crippen molar-refractivity contribution >= 4 is 17.0 Å². The van der Waals surface area contributed by atoms with Gasteiger partial charge in [-0.05, 0) is 32.0 Å². The minimum absolute atomic E-state index is 0.231. The maximum atomic E-state index is 11.0. The first kappa shape index (κ1) is 12.4. The Bertz CT molecular complexity index is 801. The van der Waals surface area contributed by atoms with Gasteiger partial charge in [0.15, 0.2) is 0 Å². The minimum Gasteiger partial charge on any atom is -0.478 e. The summed E-state index contributed by atoms with van der Waals surface area (Å²) in [5.41, 5.74) is 1.75. The highest BCUT2D eigenvalue weighted by Crippen LogP contribution is 2.19. The summed E-state index contributed by atoms with van der Waals surface area (Å²) in [5.74, 6) is 1.20. The maximum Gasteiger partial charge on any atom is 0.335 e. The van der Waals surface area contributed by atoms with Crippen molar-refractivity contribution in [3.8, 4) is 0 Å². The molecule has 0 radical (unpaired) electrons. The molecule has 0 aliphatic carbocycles. The van der Waals surface area contributed by atoms with Gasteiger partial charge in [-0.25, -0.2) is 14.8 Å². The van der Waals surface area contributed by atoms with Crippen molar-refractivity contribution in [1.29, 1.82) is 0 Å². The Morgan fingerprint density at radius 1 is 1.40 bits per heavy atom. The van der Waals surface area contributed by atoms with E-state index in [4.69, 9.17) is 9.52 Å². The number of imidazole rings is 1. The number of rotatable bonds is 3. The van der Waals surface area contributed by atoms with Crippen LogP contribution in [-0.2, 0) is 6.54 Å². The predicted molar refractivity (Wildman–Crippen MR) is 71.8 cm³/mol. The number of nitrogens with zero attached hydrogens (tertiary/aromatic N) is 3. The zero-order valence-corrected chi connectivity index (χ0v) is 11.1. The van der Waals surface area contributed by atoms with E-state index >= 15 is 0 Å². The zero-order chi connectivity index (χ0) is 14.3. The third-order valence-electron chi connectivity index (χ3n) is 3.15. The van der Waals surface area contributed by atoms with Crippen LogP contribution >= 0.6 is 0 Å². The molecule has 0 saturated carbocycles. The molecule has 2 aromatic heterocycles. The van der Waals surface area contributed by atoms with Gasteiger partial charge in [0.25, 0.3) is 0 Å². The highest BCUT2D eigenvalue weighted by molar-refractivity contribution is 5.92. The van der Waals surface area contributed by atoms with Crippen LogP contribution in [0.25, 0.3) is 11.0 Å². The average Bonchev–Trinajstić information content (AvgIpc) is 2.94. The van der Waals surface area contributed by atoms with E-state index in [0.717, 1.165) is 17.1 Å². The Balaban J connectivity index is 2.06. The molecule has 0 aliphatic heterocycles. The fraction of sp³-hybridized carbons (Fsp3) is 0.214. The van der Waals surface area contributed by atoms with Gasteiger partial charge in [-0.2, -0.15) is 0 Å². The van der Waals surface area contributed by atoms with Crippen LogP contribution in [0.5, 0.6) is 0 Å². The van der Waals surface area contributed by atoms with Gasteiger partial charge >= 0.3 is 5.97 Å². The molecule has 0 bridgehead atoms. The monoisotopic (exact) mass is 271 g/mol. The first-order chi connectivity index (χ1) is 9.54. The molecule has 3 rings (SSSR count). The highest BCUT2D eigenvalue weighted by Gasteiger charge is 2.12. The number of aryl methyl sites for hydroxylation is 2. The van der Waals surface area contributed by atoms with Crippen molar-refractivity contribution < 1.29 is 14.3 Å². The molecule has 3 aromatic rings. The molecule has 2 heterocycles. The number of fused-ring (bicyclic) bond motifs is 1. The van der Waals surface area contributed by atoms with Gasteiger partial charge in [-0.1, -0.05) is 0 Å². The first-order valence-electron chi connectivity index (χ1n) is 6.16. The molecule has 20 heavy (non-hydrogen) atoms. The van der Waals surface area contributed by atoms with Crippen molar-refractivity contribution in [2.75, 3.05) is 0 Å². The van der Waals surface area contributed by atoms with Gasteiger partial charge in [-0.15, -0.1) is 0 Å². The topological polar surface area (TPSA) is 81.2 Å². The fourth-order valence-electron chi connectivity index (χ4n) is 2.19. The van der Waals surface area contributed by atoms with Crippen LogP contribution < -0.4 is 0 Å². The largest absolute Gasteiger partial charge is 0.478 e. The van der Waals surface area contributed by atoms with Crippen LogP contribution in [0.4, 0.5) is 0 Å². The van der Waals surface area contributed by atoms with E-state index in [1.165, 1.54) is 0 Å². The number of carbonyl (C=O) groups is 1. The van der Waals surface area contributed by atoms with Crippen LogP contribution in [0.15, 0.2) is 28.8 Å². The number of oxazole rings is 1. The molecule has 0 unspecified atom stereocenters. The van der Waals surface area contributed by atoms with Gasteiger partial charge in [0.1, 0.15) is 18.1 Å². The molecular weight excluding hydrogens is 258 g/mol. The van der Waals surface area contributed by atoms with Gasteiger partial charge in [-0.3, -0.25) is 0 Å². The summed E-state index contributed by atoms with van der Waals surface area (Å²) in [4.78, 5) is 19.5. The molecule has 1 aromatic carbocycles. The van der Waals surface area contributed by atoms with Crippen molar-refractivity contribution in [2.24, 2.45) is 0 Å². The first-order valence-corrected chi connectivity index (χ1v) is 6.16. The fourth-order valence-corrected chi connectivity index (χ4v) is 2.19. The lowest BCUT2D eigenvalue weighted by Crippen LogP contribution is -2.02. The van der Waals surface area contributed by atoms with Crippen molar-refractivity contribution in [3.63, 3.8) is 0 Å². The predicted octanol–water partition coefficient (Wildman–Crippen LogP) is 2.39. The Morgan fingerprint density at radius 2 is 2.20 bits per heavy atom. The second-order valence-corrected chi connectivity index (χ2v) is 4.62. The summed E-state index contributed by atoms with van der Waals surface area (Å²) in [6, 6.07) is 4.90. The molecule has 6 heteroatoms. The Morgan fingerprint density at radius 3 is 2.85 bits per heavy atom. The number of benzene rings is 1. The summed E-state index contributed by atoms with van der Waals surface area (Å²) in [7, 11) is 0. The quantitative estimate of drug-likeness (QED) is 0.791. The van der Waals surface area contributed by atoms with E-state index in [1.807, 2.05) is 18.4 Å². The Kier molecular flexibility index (Phi) is 2.78. The van der Waals surface area contributed by atoms with E-state index in [1.54, 1.807) is 24.4 Å². The normalized spacial score (nSPS) is 11.1. The molecule has 1 N–H and O–H groups in total. The van der Waals surface area contributed by atoms with E-state index in [2.05, 4.69) is 9.97 Å². The molecule has 6 nitrogen and oxygen atoms in total. The number of carboxylic acid groups (broad SMARTS) is 1. The van der Waals surface area contributed by atoms with Crippen molar-refractivity contribution in [2.45, 2.75) is 20.4 Å². The Hall–Kier alpha value is -2.63. The van der Waals surface area contributed by atoms with Crippen LogP contribution in [0.3, 0.4) is 0 Å². The number of aromatic nitrogens is 3. The third-order valence-corrected chi connectivity index (χ3v) is 3.15. The van der Waals surface area contributed by atoms with Crippen LogP contribution in [0.1, 0.15) is 27.8 Å². The van der Waals surface area contributed by atoms with Gasteiger partial charge in [0.05, 0.1) is 22.8 Å². The van der Waals surface area contributed by atoms with E-state index in [0.29, 0.717) is 18.0 Å². The molecule has 0 atom stereocenters. The van der Waals surface area contributed by atoms with Crippen LogP contribution in [0, 0.1) is 13.8 Å².